The number of rotatable bonds is 4. The molecule has 0 spiro atoms. The maximum absolute atomic E-state index is 5.64. The first-order chi connectivity index (χ1) is 7.79. The van der Waals surface area contributed by atoms with Crippen LogP contribution in [-0.4, -0.2) is 10.9 Å². The molecule has 0 unspecified atom stereocenters. The Morgan fingerprint density at radius 3 is 2.62 bits per heavy atom. The lowest BCUT2D eigenvalue weighted by Crippen LogP contribution is -2.20. The molecule has 0 saturated heterocycles. The average Bonchev–Trinajstić information content (AvgIpc) is 2.74. The number of anilines is 2. The third-order valence-corrected chi connectivity index (χ3v) is 3.29. The molecule has 84 valence electrons. The summed E-state index contributed by atoms with van der Waals surface area (Å²) >= 11 is 1.45. The smallest absolute Gasteiger partial charge is 0.139 e. The number of nitrogens with zero attached hydrogens (tertiary/aromatic N) is 2. The van der Waals surface area contributed by atoms with Crippen molar-refractivity contribution >= 4 is 22.4 Å². The van der Waals surface area contributed by atoms with Gasteiger partial charge in [-0.1, -0.05) is 30.3 Å². The maximum Gasteiger partial charge on any atom is 0.139 e. The second-order valence-electron chi connectivity index (χ2n) is 3.59. The topological polar surface area (TPSA) is 42.1 Å². The summed E-state index contributed by atoms with van der Waals surface area (Å²) in [4.78, 5) is 2.27. The minimum absolute atomic E-state index is 0.603. The highest BCUT2D eigenvalue weighted by Crippen LogP contribution is 2.24. The molecule has 0 aliphatic rings. The molecule has 16 heavy (non-hydrogen) atoms. The van der Waals surface area contributed by atoms with Crippen LogP contribution in [0, 0.1) is 0 Å². The zero-order valence-electron chi connectivity index (χ0n) is 9.26. The van der Waals surface area contributed by atoms with Crippen LogP contribution in [0.2, 0.25) is 0 Å². The van der Waals surface area contributed by atoms with Gasteiger partial charge in [-0.15, -0.1) is 0 Å². The fraction of sp³-hybridized carbons (Fsp3) is 0.250. The minimum Gasteiger partial charge on any atom is -0.383 e. The Balaban J connectivity index is 2.12. The van der Waals surface area contributed by atoms with E-state index in [4.69, 9.17) is 5.73 Å². The Bertz CT molecular complexity index is 439. The highest BCUT2D eigenvalue weighted by molar-refractivity contribution is 7.10. The van der Waals surface area contributed by atoms with Gasteiger partial charge in [-0.05, 0) is 24.0 Å². The van der Waals surface area contributed by atoms with Gasteiger partial charge in [-0.3, -0.25) is 0 Å². The molecule has 4 heteroatoms. The van der Waals surface area contributed by atoms with Gasteiger partial charge in [0.1, 0.15) is 10.8 Å². The summed E-state index contributed by atoms with van der Waals surface area (Å²) in [5, 5.41) is 1.13. The average molecular weight is 233 g/mol. The summed E-state index contributed by atoms with van der Waals surface area (Å²) in [6.45, 7) is 3.99. The molecule has 1 aromatic carbocycles. The second-order valence-corrected chi connectivity index (χ2v) is 4.37. The van der Waals surface area contributed by atoms with Crippen LogP contribution in [0.4, 0.5) is 10.8 Å². The normalized spacial score (nSPS) is 10.3. The van der Waals surface area contributed by atoms with Gasteiger partial charge in [0.15, 0.2) is 0 Å². The van der Waals surface area contributed by atoms with Crippen LogP contribution in [-0.2, 0) is 6.54 Å². The third-order valence-electron chi connectivity index (χ3n) is 2.43. The summed E-state index contributed by atoms with van der Waals surface area (Å²) < 4.78 is 4.10. The van der Waals surface area contributed by atoms with Gasteiger partial charge >= 0.3 is 0 Å². The van der Waals surface area contributed by atoms with E-state index in [-0.39, 0.29) is 0 Å². The van der Waals surface area contributed by atoms with E-state index < -0.39 is 0 Å². The fourth-order valence-electron chi connectivity index (χ4n) is 1.58. The maximum atomic E-state index is 5.64. The Morgan fingerprint density at radius 2 is 2.06 bits per heavy atom. The monoisotopic (exact) mass is 233 g/mol. The number of nitrogens with two attached hydrogens (primary N) is 1. The number of benzene rings is 1. The van der Waals surface area contributed by atoms with Crippen LogP contribution < -0.4 is 10.6 Å². The Kier molecular flexibility index (Phi) is 3.41. The van der Waals surface area contributed by atoms with E-state index in [9.17, 15) is 0 Å². The minimum atomic E-state index is 0.603. The number of hydrogen-bond acceptors (Lipinski definition) is 4. The summed E-state index contributed by atoms with van der Waals surface area (Å²) in [6.07, 6.45) is 0. The zero-order chi connectivity index (χ0) is 11.4. The molecular formula is C12H15N3S. The molecule has 0 fully saturated rings. The van der Waals surface area contributed by atoms with E-state index in [0.717, 1.165) is 18.1 Å². The van der Waals surface area contributed by atoms with Crippen molar-refractivity contribution < 1.29 is 0 Å². The van der Waals surface area contributed by atoms with Crippen LogP contribution >= 0.6 is 11.5 Å². The number of nitrogen functional groups attached to an aromatic ring is 1. The molecular weight excluding hydrogens is 218 g/mol. The first-order valence-electron chi connectivity index (χ1n) is 5.30. The molecule has 0 bridgehead atoms. The van der Waals surface area contributed by atoms with Gasteiger partial charge in [0.2, 0.25) is 0 Å². The molecule has 0 saturated carbocycles. The van der Waals surface area contributed by atoms with E-state index in [1.807, 2.05) is 12.1 Å². The van der Waals surface area contributed by atoms with Crippen molar-refractivity contribution in [2.24, 2.45) is 0 Å². The van der Waals surface area contributed by atoms with Crippen molar-refractivity contribution in [1.29, 1.82) is 0 Å². The van der Waals surface area contributed by atoms with Gasteiger partial charge < -0.3 is 10.6 Å². The van der Waals surface area contributed by atoms with Gasteiger partial charge in [-0.25, -0.2) is 0 Å². The van der Waals surface area contributed by atoms with E-state index in [1.165, 1.54) is 17.1 Å². The van der Waals surface area contributed by atoms with Crippen molar-refractivity contribution in [3.63, 3.8) is 0 Å². The van der Waals surface area contributed by atoms with Gasteiger partial charge in [0.25, 0.3) is 0 Å². The molecule has 0 amide bonds. The first-order valence-corrected chi connectivity index (χ1v) is 6.08. The quantitative estimate of drug-likeness (QED) is 0.883. The molecule has 0 radical (unpaired) electrons. The van der Waals surface area contributed by atoms with Crippen LogP contribution in [0.3, 0.4) is 0 Å². The predicted octanol–water partition coefficient (Wildman–Crippen LogP) is 2.75. The first kappa shape index (κ1) is 11.0. The summed E-state index contributed by atoms with van der Waals surface area (Å²) in [5.41, 5.74) is 6.94. The molecule has 0 aliphatic carbocycles. The highest BCUT2D eigenvalue weighted by atomic mass is 32.1. The van der Waals surface area contributed by atoms with E-state index in [0.29, 0.717) is 5.82 Å². The summed E-state index contributed by atoms with van der Waals surface area (Å²) in [5.74, 6) is 0.603. The molecule has 1 aromatic heterocycles. The molecule has 1 heterocycles. The summed E-state index contributed by atoms with van der Waals surface area (Å²) in [6, 6.07) is 12.3. The molecule has 3 nitrogen and oxygen atoms in total. The van der Waals surface area contributed by atoms with Gasteiger partial charge in [0, 0.05) is 19.2 Å². The molecule has 0 aliphatic heterocycles. The zero-order valence-corrected chi connectivity index (χ0v) is 10.1. The standard InChI is InChI=1S/C12H15N3S/c1-2-15(12-8-11(13)14-16-12)9-10-6-4-3-5-7-10/h3-8H,2,9H2,1H3,(H2,13,14). The Morgan fingerprint density at radius 1 is 1.31 bits per heavy atom. The van der Waals surface area contributed by atoms with Crippen LogP contribution in [0.1, 0.15) is 12.5 Å². The van der Waals surface area contributed by atoms with Crippen molar-refractivity contribution in [3.8, 4) is 0 Å². The van der Waals surface area contributed by atoms with Crippen LogP contribution in [0.15, 0.2) is 36.4 Å². The lowest BCUT2D eigenvalue weighted by Gasteiger charge is -2.20. The Labute approximate surface area is 99.7 Å². The van der Waals surface area contributed by atoms with Crippen molar-refractivity contribution in [2.45, 2.75) is 13.5 Å². The van der Waals surface area contributed by atoms with Crippen molar-refractivity contribution in [2.75, 3.05) is 17.2 Å². The highest BCUT2D eigenvalue weighted by Gasteiger charge is 2.08. The van der Waals surface area contributed by atoms with Crippen molar-refractivity contribution in [3.05, 3.63) is 42.0 Å². The van der Waals surface area contributed by atoms with Gasteiger partial charge in [0.05, 0.1) is 0 Å². The fourth-order valence-corrected chi connectivity index (χ4v) is 2.31. The van der Waals surface area contributed by atoms with E-state index in [1.54, 1.807) is 0 Å². The second kappa shape index (κ2) is 4.99. The summed E-state index contributed by atoms with van der Waals surface area (Å²) in [7, 11) is 0. The SMILES string of the molecule is CCN(Cc1ccccc1)c1cc(N)ns1. The Hall–Kier alpha value is -1.55. The molecule has 0 atom stereocenters. The molecule has 2 rings (SSSR count). The predicted molar refractivity (Wildman–Crippen MR) is 69.7 cm³/mol. The van der Waals surface area contributed by atoms with E-state index >= 15 is 0 Å². The number of hydrogen-bond donors (Lipinski definition) is 1. The third kappa shape index (κ3) is 2.52. The van der Waals surface area contributed by atoms with Crippen LogP contribution in [0.25, 0.3) is 0 Å². The number of aromatic nitrogens is 1. The lowest BCUT2D eigenvalue weighted by molar-refractivity contribution is 0.841. The lowest BCUT2D eigenvalue weighted by atomic mass is 10.2. The molecule has 2 N–H and O–H groups in total. The largest absolute Gasteiger partial charge is 0.383 e. The van der Waals surface area contributed by atoms with Gasteiger partial charge in [-0.2, -0.15) is 4.37 Å². The van der Waals surface area contributed by atoms with Crippen LogP contribution in [0.5, 0.6) is 0 Å². The van der Waals surface area contributed by atoms with E-state index in [2.05, 4.69) is 40.5 Å². The molecule has 2 aromatic rings. The van der Waals surface area contributed by atoms with Crippen molar-refractivity contribution in [1.82, 2.24) is 4.37 Å².